The summed E-state index contributed by atoms with van der Waals surface area (Å²) < 4.78 is 1.19. The summed E-state index contributed by atoms with van der Waals surface area (Å²) in [7, 11) is 0. The highest BCUT2D eigenvalue weighted by molar-refractivity contribution is 14.1. The van der Waals surface area contributed by atoms with Crippen LogP contribution in [-0.4, -0.2) is 19.0 Å². The van der Waals surface area contributed by atoms with E-state index in [1.165, 1.54) is 9.13 Å². The maximum Gasteiger partial charge on any atom is 0.227 e. The Morgan fingerprint density at radius 2 is 2.31 bits per heavy atom. The fraction of sp³-hybridized carbons (Fsp3) is 0.417. The lowest BCUT2D eigenvalue weighted by Gasteiger charge is -2.19. The van der Waals surface area contributed by atoms with Gasteiger partial charge in [0, 0.05) is 22.2 Å². The lowest BCUT2D eigenvalue weighted by molar-refractivity contribution is -0.117. The van der Waals surface area contributed by atoms with Crippen molar-refractivity contribution in [3.63, 3.8) is 0 Å². The molecule has 1 aliphatic rings. The zero-order valence-electron chi connectivity index (χ0n) is 9.24. The minimum atomic E-state index is 0.195. The van der Waals surface area contributed by atoms with Crippen LogP contribution in [0.25, 0.3) is 0 Å². The number of rotatable bonds is 2. The Morgan fingerprint density at radius 1 is 1.56 bits per heavy atom. The lowest BCUT2D eigenvalue weighted by Crippen LogP contribution is -2.26. The Hall–Kier alpha value is -0.620. The predicted octanol–water partition coefficient (Wildman–Crippen LogP) is 1.91. The highest BCUT2D eigenvalue weighted by Gasteiger charge is 2.30. The SMILES string of the molecule is Cc1c(I)cccc1N1CC(CN)CC1=O. The van der Waals surface area contributed by atoms with Crippen molar-refractivity contribution in [2.75, 3.05) is 18.0 Å². The van der Waals surface area contributed by atoms with E-state index < -0.39 is 0 Å². The summed E-state index contributed by atoms with van der Waals surface area (Å²) in [5.41, 5.74) is 7.83. The number of amides is 1. The van der Waals surface area contributed by atoms with Gasteiger partial charge in [0.1, 0.15) is 0 Å². The van der Waals surface area contributed by atoms with Crippen molar-refractivity contribution in [2.45, 2.75) is 13.3 Å². The molecule has 86 valence electrons. The van der Waals surface area contributed by atoms with E-state index in [9.17, 15) is 4.79 Å². The summed E-state index contributed by atoms with van der Waals surface area (Å²) in [6.07, 6.45) is 0.585. The van der Waals surface area contributed by atoms with Crippen LogP contribution in [0.1, 0.15) is 12.0 Å². The van der Waals surface area contributed by atoms with E-state index in [1.54, 1.807) is 0 Å². The van der Waals surface area contributed by atoms with Gasteiger partial charge in [0.25, 0.3) is 0 Å². The van der Waals surface area contributed by atoms with E-state index in [0.29, 0.717) is 18.9 Å². The molecule has 1 aromatic rings. The van der Waals surface area contributed by atoms with Gasteiger partial charge >= 0.3 is 0 Å². The molecule has 1 aromatic carbocycles. The van der Waals surface area contributed by atoms with E-state index in [2.05, 4.69) is 35.6 Å². The molecule has 1 unspecified atom stereocenters. The van der Waals surface area contributed by atoms with Crippen LogP contribution < -0.4 is 10.6 Å². The van der Waals surface area contributed by atoms with E-state index in [-0.39, 0.29) is 5.91 Å². The topological polar surface area (TPSA) is 46.3 Å². The Balaban J connectivity index is 2.31. The number of nitrogens with two attached hydrogens (primary N) is 1. The molecule has 0 saturated carbocycles. The average molecular weight is 330 g/mol. The number of hydrogen-bond donors (Lipinski definition) is 1. The molecule has 4 heteroatoms. The second kappa shape index (κ2) is 4.71. The molecule has 3 nitrogen and oxygen atoms in total. The van der Waals surface area contributed by atoms with Gasteiger partial charge in [0.15, 0.2) is 0 Å². The fourth-order valence-corrected chi connectivity index (χ4v) is 2.54. The molecule has 16 heavy (non-hydrogen) atoms. The summed E-state index contributed by atoms with van der Waals surface area (Å²) >= 11 is 2.30. The number of carbonyl (C=O) groups is 1. The molecular weight excluding hydrogens is 315 g/mol. The van der Waals surface area contributed by atoms with Crippen molar-refractivity contribution in [1.82, 2.24) is 0 Å². The maximum atomic E-state index is 11.9. The van der Waals surface area contributed by atoms with Gasteiger partial charge in [-0.15, -0.1) is 0 Å². The minimum Gasteiger partial charge on any atom is -0.330 e. The summed E-state index contributed by atoms with van der Waals surface area (Å²) in [5, 5.41) is 0. The highest BCUT2D eigenvalue weighted by atomic mass is 127. The summed E-state index contributed by atoms with van der Waals surface area (Å²) in [6, 6.07) is 6.06. The molecule has 1 fully saturated rings. The normalized spacial score (nSPS) is 20.6. The first-order chi connectivity index (χ1) is 7.63. The Bertz CT molecular complexity index is 419. The summed E-state index contributed by atoms with van der Waals surface area (Å²) in [4.78, 5) is 13.7. The third-order valence-corrected chi connectivity index (χ3v) is 4.24. The molecule has 2 rings (SSSR count). The third-order valence-electron chi connectivity index (χ3n) is 3.07. The molecule has 2 N–H and O–H groups in total. The van der Waals surface area contributed by atoms with Crippen LogP contribution in [0.4, 0.5) is 5.69 Å². The third kappa shape index (κ3) is 2.08. The van der Waals surface area contributed by atoms with Gasteiger partial charge in [-0.1, -0.05) is 6.07 Å². The van der Waals surface area contributed by atoms with Crippen molar-refractivity contribution in [1.29, 1.82) is 0 Å². The van der Waals surface area contributed by atoms with Gasteiger partial charge in [-0.3, -0.25) is 4.79 Å². The number of hydrogen-bond acceptors (Lipinski definition) is 2. The van der Waals surface area contributed by atoms with Crippen molar-refractivity contribution in [3.05, 3.63) is 27.3 Å². The predicted molar refractivity (Wildman–Crippen MR) is 73.4 cm³/mol. The number of anilines is 1. The van der Waals surface area contributed by atoms with Gasteiger partial charge in [0.05, 0.1) is 0 Å². The van der Waals surface area contributed by atoms with Crippen LogP contribution in [0.5, 0.6) is 0 Å². The number of halogens is 1. The summed E-state index contributed by atoms with van der Waals surface area (Å²) in [5.74, 6) is 0.505. The first-order valence-corrected chi connectivity index (χ1v) is 6.47. The minimum absolute atomic E-state index is 0.195. The van der Waals surface area contributed by atoms with Crippen molar-refractivity contribution < 1.29 is 4.79 Å². The van der Waals surface area contributed by atoms with Gasteiger partial charge in [0.2, 0.25) is 5.91 Å². The van der Waals surface area contributed by atoms with Crippen molar-refractivity contribution in [2.24, 2.45) is 11.7 Å². The molecule has 0 aliphatic carbocycles. The van der Waals surface area contributed by atoms with Gasteiger partial charge in [-0.2, -0.15) is 0 Å². The molecule has 0 spiro atoms. The highest BCUT2D eigenvalue weighted by Crippen LogP contribution is 2.29. The zero-order valence-corrected chi connectivity index (χ0v) is 11.4. The maximum absolute atomic E-state index is 11.9. The average Bonchev–Trinajstić information content (AvgIpc) is 2.64. The molecule has 0 aromatic heterocycles. The van der Waals surface area contributed by atoms with Crippen molar-refractivity contribution >= 4 is 34.2 Å². The van der Waals surface area contributed by atoms with Crippen molar-refractivity contribution in [3.8, 4) is 0 Å². The quantitative estimate of drug-likeness (QED) is 0.842. The molecular formula is C12H15IN2O. The van der Waals surface area contributed by atoms with Gasteiger partial charge < -0.3 is 10.6 Å². The largest absolute Gasteiger partial charge is 0.330 e. The number of benzene rings is 1. The fourth-order valence-electron chi connectivity index (χ4n) is 2.06. The standard InChI is InChI=1S/C12H15IN2O/c1-8-10(13)3-2-4-11(8)15-7-9(6-14)5-12(15)16/h2-4,9H,5-7,14H2,1H3. The lowest BCUT2D eigenvalue weighted by atomic mass is 10.1. The molecule has 1 atom stereocenters. The molecule has 1 aliphatic heterocycles. The molecule has 0 bridgehead atoms. The smallest absolute Gasteiger partial charge is 0.227 e. The van der Waals surface area contributed by atoms with Crippen LogP contribution >= 0.6 is 22.6 Å². The second-order valence-corrected chi connectivity index (χ2v) is 5.36. The number of carbonyl (C=O) groups excluding carboxylic acids is 1. The van der Waals surface area contributed by atoms with E-state index in [1.807, 2.05) is 17.0 Å². The van der Waals surface area contributed by atoms with E-state index in [4.69, 9.17) is 5.73 Å². The first kappa shape index (κ1) is 11.9. The van der Waals surface area contributed by atoms with Crippen LogP contribution in [0.3, 0.4) is 0 Å². The Kier molecular flexibility index (Phi) is 3.49. The monoisotopic (exact) mass is 330 g/mol. The van der Waals surface area contributed by atoms with E-state index in [0.717, 1.165) is 12.2 Å². The van der Waals surface area contributed by atoms with Gasteiger partial charge in [-0.05, 0) is 59.7 Å². The molecule has 1 amide bonds. The summed E-state index contributed by atoms with van der Waals surface area (Å²) in [6.45, 7) is 3.40. The second-order valence-electron chi connectivity index (χ2n) is 4.19. The Labute approximate surface area is 109 Å². The molecule has 1 heterocycles. The number of nitrogens with zero attached hydrogens (tertiary/aromatic N) is 1. The van der Waals surface area contributed by atoms with Crippen LogP contribution in [0.15, 0.2) is 18.2 Å². The van der Waals surface area contributed by atoms with E-state index >= 15 is 0 Å². The van der Waals surface area contributed by atoms with Crippen LogP contribution in [-0.2, 0) is 4.79 Å². The molecule has 0 radical (unpaired) electrons. The zero-order chi connectivity index (χ0) is 11.7. The van der Waals surface area contributed by atoms with Crippen LogP contribution in [0, 0.1) is 16.4 Å². The molecule has 1 saturated heterocycles. The van der Waals surface area contributed by atoms with Crippen LogP contribution in [0.2, 0.25) is 0 Å². The Morgan fingerprint density at radius 3 is 2.94 bits per heavy atom. The van der Waals surface area contributed by atoms with Gasteiger partial charge in [-0.25, -0.2) is 0 Å². The first-order valence-electron chi connectivity index (χ1n) is 5.39.